The topological polar surface area (TPSA) is 57.0 Å². The van der Waals surface area contributed by atoms with Gasteiger partial charge < -0.3 is 4.74 Å². The predicted molar refractivity (Wildman–Crippen MR) is 98.0 cm³/mol. The van der Waals surface area contributed by atoms with E-state index in [1.54, 1.807) is 0 Å². The first-order valence-electron chi connectivity index (χ1n) is 8.48. The Morgan fingerprint density at radius 2 is 1.96 bits per heavy atom. The fourth-order valence-electron chi connectivity index (χ4n) is 3.92. The number of fused-ring (bicyclic) bond motifs is 2. The number of alkyl halides is 1. The molecule has 0 saturated heterocycles. The van der Waals surface area contributed by atoms with Crippen molar-refractivity contribution < 1.29 is 9.53 Å². The van der Waals surface area contributed by atoms with Gasteiger partial charge in [-0.3, -0.25) is 0 Å². The number of nitrogens with zero attached hydrogens (tertiary/aromatic N) is 3. The Morgan fingerprint density at radius 3 is 2.71 bits per heavy atom. The summed E-state index contributed by atoms with van der Waals surface area (Å²) in [6, 6.07) is 9.70. The van der Waals surface area contributed by atoms with Gasteiger partial charge in [0.25, 0.3) is 0 Å². The van der Waals surface area contributed by atoms with Gasteiger partial charge in [-0.05, 0) is 49.0 Å². The maximum Gasteiger partial charge on any atom is 0.436 e. The van der Waals surface area contributed by atoms with Gasteiger partial charge in [0.1, 0.15) is 6.61 Å². The van der Waals surface area contributed by atoms with Crippen LogP contribution < -0.4 is 0 Å². The fourth-order valence-corrected chi connectivity index (χ4v) is 5.23. The zero-order chi connectivity index (χ0) is 16.5. The van der Waals surface area contributed by atoms with Gasteiger partial charge in [0, 0.05) is 4.43 Å². The number of hydrogen-bond acceptors (Lipinski definition) is 4. The number of rotatable bonds is 3. The number of aromatic nitrogens is 3. The van der Waals surface area contributed by atoms with E-state index in [2.05, 4.69) is 32.9 Å². The highest BCUT2D eigenvalue weighted by Gasteiger charge is 2.48. The van der Waals surface area contributed by atoms with Crippen molar-refractivity contribution in [3.8, 4) is 0 Å². The van der Waals surface area contributed by atoms with Gasteiger partial charge in [0.05, 0.1) is 11.4 Å². The minimum Gasteiger partial charge on any atom is -0.443 e. The van der Waals surface area contributed by atoms with Gasteiger partial charge in [-0.2, -0.15) is 0 Å². The number of halogens is 1. The molecule has 0 spiro atoms. The van der Waals surface area contributed by atoms with E-state index in [0.29, 0.717) is 0 Å². The number of benzene rings is 1. The fraction of sp³-hybridized carbons (Fsp3) is 0.500. The molecule has 0 aliphatic heterocycles. The van der Waals surface area contributed by atoms with E-state index in [1.165, 1.54) is 15.5 Å². The summed E-state index contributed by atoms with van der Waals surface area (Å²) in [6.07, 6.45) is 3.67. The number of carbonyl (C=O) groups is 1. The van der Waals surface area contributed by atoms with E-state index in [4.69, 9.17) is 4.74 Å². The van der Waals surface area contributed by atoms with E-state index in [-0.39, 0.29) is 6.61 Å². The van der Waals surface area contributed by atoms with Crippen molar-refractivity contribution in [2.75, 3.05) is 4.43 Å². The van der Waals surface area contributed by atoms with Gasteiger partial charge in [-0.1, -0.05) is 58.1 Å². The third-order valence-corrected chi connectivity index (χ3v) is 6.35. The van der Waals surface area contributed by atoms with Crippen LogP contribution in [0.3, 0.4) is 0 Å². The first kappa shape index (κ1) is 16.1. The van der Waals surface area contributed by atoms with E-state index in [0.717, 1.165) is 54.0 Å². The summed E-state index contributed by atoms with van der Waals surface area (Å²) in [5, 5.41) is 8.31. The smallest absolute Gasteiger partial charge is 0.436 e. The lowest BCUT2D eigenvalue weighted by atomic mass is 10.0. The first-order valence-corrected chi connectivity index (χ1v) is 10.0. The van der Waals surface area contributed by atoms with Crippen LogP contribution in [0.15, 0.2) is 30.3 Å². The van der Waals surface area contributed by atoms with Crippen molar-refractivity contribution in [1.82, 2.24) is 15.0 Å². The second-order valence-electron chi connectivity index (χ2n) is 6.66. The standard InChI is InChI=1S/C18H20IN3O2/c19-10-15-13-6-8-16-17(9-7-14(13)15)22(21-20-16)18(23)24-11-12-4-2-1-3-5-12/h1-5,13-15H,6-11H2/t13-,14?,15-/m0/s1. The van der Waals surface area contributed by atoms with Gasteiger partial charge >= 0.3 is 6.09 Å². The lowest BCUT2D eigenvalue weighted by molar-refractivity contribution is 0.136. The number of hydrogen-bond donors (Lipinski definition) is 0. The zero-order valence-electron chi connectivity index (χ0n) is 13.4. The molecule has 126 valence electrons. The number of aryl methyl sites for hydroxylation is 1. The largest absolute Gasteiger partial charge is 0.443 e. The molecule has 1 heterocycles. The molecule has 3 atom stereocenters. The Bertz CT molecular complexity index is 731. The quantitative estimate of drug-likeness (QED) is 0.544. The van der Waals surface area contributed by atoms with Gasteiger partial charge in [-0.25, -0.2) is 4.79 Å². The summed E-state index contributed by atoms with van der Waals surface area (Å²) in [5.74, 6) is 2.53. The van der Waals surface area contributed by atoms with E-state index in [1.807, 2.05) is 30.3 Å². The highest BCUT2D eigenvalue weighted by Crippen LogP contribution is 2.53. The molecule has 0 bridgehead atoms. The summed E-state index contributed by atoms with van der Waals surface area (Å²) >= 11 is 2.49. The molecule has 1 aromatic carbocycles. The van der Waals surface area contributed by atoms with Crippen molar-refractivity contribution in [2.24, 2.45) is 17.8 Å². The average Bonchev–Trinajstić information content (AvgIpc) is 3.11. The van der Waals surface area contributed by atoms with E-state index in [9.17, 15) is 4.79 Å². The van der Waals surface area contributed by atoms with Crippen LogP contribution in [0.4, 0.5) is 4.79 Å². The molecule has 2 aliphatic rings. The van der Waals surface area contributed by atoms with Crippen molar-refractivity contribution in [2.45, 2.75) is 32.3 Å². The Hall–Kier alpha value is -1.44. The monoisotopic (exact) mass is 437 g/mol. The van der Waals surface area contributed by atoms with Crippen molar-refractivity contribution in [3.63, 3.8) is 0 Å². The summed E-state index contributed by atoms with van der Waals surface area (Å²) < 4.78 is 8.02. The SMILES string of the molecule is O=C(OCc1ccccc1)n1nnc2c1CCC1[C@@H](CI)[C@H]1CC2. The molecule has 24 heavy (non-hydrogen) atoms. The van der Waals surface area contributed by atoms with Gasteiger partial charge in [0.15, 0.2) is 0 Å². The van der Waals surface area contributed by atoms with Crippen LogP contribution in [-0.4, -0.2) is 25.5 Å². The third-order valence-electron chi connectivity index (χ3n) is 5.34. The second-order valence-corrected chi connectivity index (χ2v) is 7.54. The Labute approximate surface area is 154 Å². The van der Waals surface area contributed by atoms with Crippen LogP contribution in [0.1, 0.15) is 29.8 Å². The molecule has 0 N–H and O–H groups in total. The summed E-state index contributed by atoms with van der Waals surface area (Å²) in [7, 11) is 0. The minimum absolute atomic E-state index is 0.260. The van der Waals surface area contributed by atoms with Crippen molar-refractivity contribution >= 4 is 28.7 Å². The van der Waals surface area contributed by atoms with Crippen LogP contribution in [0, 0.1) is 17.8 Å². The lowest BCUT2D eigenvalue weighted by Gasteiger charge is -2.10. The maximum absolute atomic E-state index is 12.4. The normalized spacial score (nSPS) is 25.1. The van der Waals surface area contributed by atoms with Crippen LogP contribution in [-0.2, 0) is 24.2 Å². The molecular weight excluding hydrogens is 417 g/mol. The molecular formula is C18H20IN3O2. The molecule has 5 nitrogen and oxygen atoms in total. The number of ether oxygens (including phenoxy) is 1. The first-order chi connectivity index (χ1) is 11.8. The molecule has 2 aromatic rings. The Morgan fingerprint density at radius 1 is 1.21 bits per heavy atom. The molecule has 0 amide bonds. The molecule has 4 rings (SSSR count). The number of carbonyl (C=O) groups excluding carboxylic acids is 1. The molecule has 0 radical (unpaired) electrons. The minimum atomic E-state index is -0.425. The average molecular weight is 437 g/mol. The third kappa shape index (κ3) is 3.08. The molecule has 1 aromatic heterocycles. The van der Waals surface area contributed by atoms with Crippen LogP contribution >= 0.6 is 22.6 Å². The van der Waals surface area contributed by atoms with Crippen LogP contribution in [0.5, 0.6) is 0 Å². The molecule has 1 fully saturated rings. The molecule has 1 unspecified atom stereocenters. The second kappa shape index (κ2) is 6.82. The Kier molecular flexibility index (Phi) is 4.56. The molecule has 6 heteroatoms. The van der Waals surface area contributed by atoms with Crippen LogP contribution in [0.2, 0.25) is 0 Å². The zero-order valence-corrected chi connectivity index (χ0v) is 15.6. The van der Waals surface area contributed by atoms with E-state index >= 15 is 0 Å². The van der Waals surface area contributed by atoms with Crippen LogP contribution in [0.25, 0.3) is 0 Å². The van der Waals surface area contributed by atoms with Crippen molar-refractivity contribution in [3.05, 3.63) is 47.3 Å². The highest BCUT2D eigenvalue weighted by molar-refractivity contribution is 14.1. The molecule has 1 saturated carbocycles. The highest BCUT2D eigenvalue weighted by atomic mass is 127. The predicted octanol–water partition coefficient (Wildman–Crippen LogP) is 3.64. The van der Waals surface area contributed by atoms with E-state index < -0.39 is 6.09 Å². The lowest BCUT2D eigenvalue weighted by Crippen LogP contribution is -2.19. The maximum atomic E-state index is 12.4. The van der Waals surface area contributed by atoms with Gasteiger partial charge in [-0.15, -0.1) is 9.78 Å². The summed E-state index contributed by atoms with van der Waals surface area (Å²) in [5.41, 5.74) is 2.90. The summed E-state index contributed by atoms with van der Waals surface area (Å²) in [6.45, 7) is 0.260. The molecule has 2 aliphatic carbocycles. The summed E-state index contributed by atoms with van der Waals surface area (Å²) in [4.78, 5) is 12.4. The van der Waals surface area contributed by atoms with Gasteiger partial charge in [0.2, 0.25) is 0 Å². The Balaban J connectivity index is 1.44. The van der Waals surface area contributed by atoms with Crippen molar-refractivity contribution in [1.29, 1.82) is 0 Å².